The van der Waals surface area contributed by atoms with Crippen LogP contribution in [0.25, 0.3) is 6.08 Å². The predicted octanol–water partition coefficient (Wildman–Crippen LogP) is 8.16. The Balaban J connectivity index is 1.27. The molecule has 0 spiro atoms. The van der Waals surface area contributed by atoms with E-state index in [4.69, 9.17) is 0 Å². The highest BCUT2D eigenvalue weighted by Crippen LogP contribution is 2.35. The number of para-hydroxylation sites is 1. The molecule has 0 radical (unpaired) electrons. The lowest BCUT2D eigenvalue weighted by atomic mass is 10.1. The van der Waals surface area contributed by atoms with Gasteiger partial charge < -0.3 is 21.3 Å². The molecule has 4 amide bonds. The van der Waals surface area contributed by atoms with E-state index in [0.717, 1.165) is 21.8 Å². The summed E-state index contributed by atoms with van der Waals surface area (Å²) in [5, 5.41) is 24.7. The monoisotopic (exact) mass is 705 g/mol. The first kappa shape index (κ1) is 34.8. The van der Waals surface area contributed by atoms with Gasteiger partial charge in [-0.2, -0.15) is 16.6 Å². The third kappa shape index (κ3) is 9.11. The van der Waals surface area contributed by atoms with Gasteiger partial charge in [-0.3, -0.25) is 19.2 Å². The molecule has 0 aliphatic rings. The molecule has 3 aromatic carbocycles. The Morgan fingerprint density at radius 2 is 1.59 bits per heavy atom. The quantitative estimate of drug-likeness (QED) is 0.0763. The first-order valence-corrected chi connectivity index (χ1v) is 17.8. The highest BCUT2D eigenvalue weighted by atomic mass is 32.2. The molecule has 5 aromatic rings. The van der Waals surface area contributed by atoms with Crippen molar-refractivity contribution in [1.29, 1.82) is 5.26 Å². The summed E-state index contributed by atoms with van der Waals surface area (Å²) < 4.78 is 0. The number of benzene rings is 3. The summed E-state index contributed by atoms with van der Waals surface area (Å²) in [7, 11) is 0. The molecule has 2 heterocycles. The SMILES string of the molecule is CCC(Sc1cccc(NC(=O)/C(=C/c2ccsc2)NC(=O)c2ccccc2)c1)C(=O)Nc1sc(C(=O)Nc2ccccc2)c(C)c1C#N. The maximum atomic E-state index is 13.5. The molecule has 1 unspecified atom stereocenters. The summed E-state index contributed by atoms with van der Waals surface area (Å²) in [6.45, 7) is 3.56. The molecule has 2 aromatic heterocycles. The third-order valence-corrected chi connectivity index (χ3v) is 10.4. The maximum absolute atomic E-state index is 13.5. The van der Waals surface area contributed by atoms with Crippen LogP contribution in [0.3, 0.4) is 0 Å². The minimum atomic E-state index is -0.541. The normalized spacial score (nSPS) is 11.6. The van der Waals surface area contributed by atoms with Crippen molar-refractivity contribution < 1.29 is 19.2 Å². The van der Waals surface area contributed by atoms with Gasteiger partial charge in [0.2, 0.25) is 5.91 Å². The molecule has 0 aliphatic carbocycles. The van der Waals surface area contributed by atoms with E-state index in [-0.39, 0.29) is 23.1 Å². The molecule has 1 atom stereocenters. The van der Waals surface area contributed by atoms with Crippen LogP contribution in [0.5, 0.6) is 0 Å². The number of hydrogen-bond donors (Lipinski definition) is 4. The molecule has 246 valence electrons. The highest BCUT2D eigenvalue weighted by molar-refractivity contribution is 8.00. The van der Waals surface area contributed by atoms with Crippen LogP contribution < -0.4 is 21.3 Å². The van der Waals surface area contributed by atoms with Crippen molar-refractivity contribution in [2.24, 2.45) is 0 Å². The Morgan fingerprint density at radius 3 is 2.27 bits per heavy atom. The van der Waals surface area contributed by atoms with Gasteiger partial charge >= 0.3 is 0 Å². The van der Waals surface area contributed by atoms with Gasteiger partial charge in [-0.25, -0.2) is 0 Å². The number of rotatable bonds is 12. The molecule has 0 aliphatic heterocycles. The van der Waals surface area contributed by atoms with Gasteiger partial charge in [0.25, 0.3) is 17.7 Å². The molecule has 0 saturated heterocycles. The molecule has 9 nitrogen and oxygen atoms in total. The van der Waals surface area contributed by atoms with Crippen molar-refractivity contribution in [2.45, 2.75) is 30.4 Å². The van der Waals surface area contributed by atoms with E-state index in [0.29, 0.717) is 38.8 Å². The lowest BCUT2D eigenvalue weighted by Crippen LogP contribution is -2.30. The van der Waals surface area contributed by atoms with E-state index < -0.39 is 17.1 Å². The predicted molar refractivity (Wildman–Crippen MR) is 198 cm³/mol. The topological polar surface area (TPSA) is 140 Å². The van der Waals surface area contributed by atoms with Crippen LogP contribution in [-0.4, -0.2) is 28.9 Å². The summed E-state index contributed by atoms with van der Waals surface area (Å²) in [6.07, 6.45) is 2.08. The molecule has 49 heavy (non-hydrogen) atoms. The zero-order valence-electron chi connectivity index (χ0n) is 26.5. The second-order valence-corrected chi connectivity index (χ2v) is 13.7. The zero-order valence-corrected chi connectivity index (χ0v) is 28.9. The van der Waals surface area contributed by atoms with Gasteiger partial charge in [0, 0.05) is 21.8 Å². The molecule has 0 saturated carbocycles. The fourth-order valence-corrected chi connectivity index (χ4v) is 7.34. The lowest BCUT2D eigenvalue weighted by molar-refractivity contribution is -0.116. The van der Waals surface area contributed by atoms with Crippen LogP contribution in [0, 0.1) is 18.3 Å². The minimum absolute atomic E-state index is 0.0764. The van der Waals surface area contributed by atoms with Crippen molar-refractivity contribution in [3.8, 4) is 6.07 Å². The number of carbonyl (C=O) groups excluding carboxylic acids is 4. The van der Waals surface area contributed by atoms with Crippen molar-refractivity contribution in [2.75, 3.05) is 16.0 Å². The van der Waals surface area contributed by atoms with Crippen LogP contribution >= 0.6 is 34.4 Å². The van der Waals surface area contributed by atoms with Crippen LogP contribution in [0.4, 0.5) is 16.4 Å². The van der Waals surface area contributed by atoms with E-state index in [2.05, 4.69) is 27.3 Å². The average Bonchev–Trinajstić information content (AvgIpc) is 3.74. The first-order valence-electron chi connectivity index (χ1n) is 15.1. The van der Waals surface area contributed by atoms with E-state index in [1.165, 1.54) is 23.1 Å². The van der Waals surface area contributed by atoms with Crippen LogP contribution in [0.1, 0.15) is 50.1 Å². The lowest BCUT2D eigenvalue weighted by Gasteiger charge is -2.15. The van der Waals surface area contributed by atoms with E-state index in [1.54, 1.807) is 73.7 Å². The van der Waals surface area contributed by atoms with Crippen molar-refractivity contribution in [1.82, 2.24) is 5.32 Å². The number of nitriles is 1. The first-order chi connectivity index (χ1) is 23.7. The summed E-state index contributed by atoms with van der Waals surface area (Å²) in [4.78, 5) is 53.9. The van der Waals surface area contributed by atoms with Gasteiger partial charge in [-0.15, -0.1) is 23.1 Å². The second-order valence-electron chi connectivity index (χ2n) is 10.6. The Kier molecular flexibility index (Phi) is 11.8. The van der Waals surface area contributed by atoms with Crippen molar-refractivity contribution in [3.63, 3.8) is 0 Å². The number of amides is 4. The Hall–Kier alpha value is -5.48. The van der Waals surface area contributed by atoms with Crippen LogP contribution in [0.15, 0.2) is 112 Å². The Morgan fingerprint density at radius 1 is 0.878 bits per heavy atom. The Labute approximate surface area is 296 Å². The smallest absolute Gasteiger partial charge is 0.272 e. The summed E-state index contributed by atoms with van der Waals surface area (Å²) in [5.41, 5.74) is 3.10. The Bertz CT molecular complexity index is 2040. The fraction of sp³-hybridized carbons (Fsp3) is 0.108. The number of thioether (sulfide) groups is 1. The van der Waals surface area contributed by atoms with E-state index in [9.17, 15) is 24.4 Å². The van der Waals surface area contributed by atoms with E-state index in [1.807, 2.05) is 48.0 Å². The number of nitrogens with zero attached hydrogens (tertiary/aromatic N) is 1. The fourth-order valence-electron chi connectivity index (χ4n) is 4.65. The van der Waals surface area contributed by atoms with Gasteiger partial charge in [0.05, 0.1) is 15.7 Å². The van der Waals surface area contributed by atoms with Crippen LogP contribution in [0.2, 0.25) is 0 Å². The number of anilines is 3. The maximum Gasteiger partial charge on any atom is 0.272 e. The number of thiophene rings is 2. The summed E-state index contributed by atoms with van der Waals surface area (Å²) in [6, 6.07) is 28.7. The van der Waals surface area contributed by atoms with Crippen molar-refractivity contribution >= 4 is 80.5 Å². The second kappa shape index (κ2) is 16.6. The molecule has 12 heteroatoms. The highest BCUT2D eigenvalue weighted by Gasteiger charge is 2.25. The third-order valence-electron chi connectivity index (χ3n) is 7.15. The molecular weight excluding hydrogens is 675 g/mol. The molecule has 0 bridgehead atoms. The largest absolute Gasteiger partial charge is 0.321 e. The summed E-state index contributed by atoms with van der Waals surface area (Å²) in [5.74, 6) is -1.60. The van der Waals surface area contributed by atoms with Gasteiger partial charge in [0.1, 0.15) is 16.8 Å². The molecular formula is C37H31N5O4S3. The zero-order chi connectivity index (χ0) is 34.8. The minimum Gasteiger partial charge on any atom is -0.321 e. The van der Waals surface area contributed by atoms with Crippen LogP contribution in [-0.2, 0) is 9.59 Å². The van der Waals surface area contributed by atoms with Crippen molar-refractivity contribution in [3.05, 3.63) is 135 Å². The average molecular weight is 706 g/mol. The standard InChI is InChI=1S/C37H31N5O4S3/c1-3-31(35(45)42-37-29(21-38)23(2)32(49-37)36(46)39-26-13-8-5-9-14-26)48-28-16-10-15-27(20-28)40-34(44)30(19-24-17-18-47-22-24)41-33(43)25-11-6-4-7-12-25/h4-20,22,31H,3H2,1-2H3,(H,39,46)(H,40,44)(H,41,43)(H,42,45)/b30-19-. The van der Waals surface area contributed by atoms with Gasteiger partial charge in [-0.1, -0.05) is 49.4 Å². The summed E-state index contributed by atoms with van der Waals surface area (Å²) >= 11 is 3.84. The van der Waals surface area contributed by atoms with Gasteiger partial charge in [0.15, 0.2) is 0 Å². The number of hydrogen-bond acceptors (Lipinski definition) is 8. The van der Waals surface area contributed by atoms with Gasteiger partial charge in [-0.05, 0) is 89.8 Å². The molecule has 0 fully saturated rings. The number of nitrogens with one attached hydrogen (secondary N) is 4. The van der Waals surface area contributed by atoms with E-state index >= 15 is 0 Å². The molecule has 4 N–H and O–H groups in total. The molecule has 5 rings (SSSR count). The number of carbonyl (C=O) groups is 4.